The maximum absolute atomic E-state index is 11.2. The Morgan fingerprint density at radius 2 is 2.05 bits per heavy atom. The largest absolute Gasteiger partial charge is 0.480 e. The highest BCUT2D eigenvalue weighted by atomic mass is 32.2. The van der Waals surface area contributed by atoms with E-state index in [2.05, 4.69) is 15.4 Å². The van der Waals surface area contributed by atoms with Gasteiger partial charge in [-0.25, -0.2) is 9.29 Å². The summed E-state index contributed by atoms with van der Waals surface area (Å²) >= 11 is 1.73. The van der Waals surface area contributed by atoms with E-state index >= 15 is 0 Å². The van der Waals surface area contributed by atoms with E-state index in [1.54, 1.807) is 19.1 Å². The lowest BCUT2D eigenvalue weighted by Gasteiger charge is -2.46. The Kier molecular flexibility index (Phi) is 3.73. The molecule has 1 spiro atoms. The van der Waals surface area contributed by atoms with Crippen molar-refractivity contribution < 1.29 is 9.53 Å². The van der Waals surface area contributed by atoms with Crippen LogP contribution in [0.1, 0.15) is 31.2 Å². The number of hydrogen-bond acceptors (Lipinski definition) is 5. The summed E-state index contributed by atoms with van der Waals surface area (Å²) in [5.74, 6) is 1.13. The van der Waals surface area contributed by atoms with Gasteiger partial charge in [-0.1, -0.05) is 0 Å². The van der Waals surface area contributed by atoms with Crippen LogP contribution in [0.3, 0.4) is 0 Å². The molecule has 2 fully saturated rings. The normalized spacial score (nSPS) is 21.8. The number of aromatic nitrogens is 1. The minimum atomic E-state index is 0.336. The van der Waals surface area contributed by atoms with E-state index in [1.807, 2.05) is 13.1 Å². The van der Waals surface area contributed by atoms with Gasteiger partial charge in [0.05, 0.1) is 12.0 Å². The smallest absolute Gasteiger partial charge is 0.228 e. The van der Waals surface area contributed by atoms with Crippen LogP contribution < -0.4 is 4.74 Å². The molecule has 1 aliphatic carbocycles. The number of ketones is 1. The molecule has 20 heavy (non-hydrogen) atoms. The molecule has 1 aliphatic heterocycles. The maximum atomic E-state index is 11.2. The van der Waals surface area contributed by atoms with Crippen molar-refractivity contribution in [3.63, 3.8) is 0 Å². The molecule has 1 aromatic rings. The third-order valence-electron chi connectivity index (χ3n) is 4.30. The maximum Gasteiger partial charge on any atom is 0.228 e. The molecule has 1 saturated carbocycles. The first-order chi connectivity index (χ1) is 9.60. The van der Waals surface area contributed by atoms with Crippen molar-refractivity contribution in [3.05, 3.63) is 17.8 Å². The second kappa shape index (κ2) is 5.37. The Balaban J connectivity index is 1.62. The van der Waals surface area contributed by atoms with E-state index in [4.69, 9.17) is 4.74 Å². The number of ether oxygens (including phenoxy) is 1. The van der Waals surface area contributed by atoms with Crippen LogP contribution in [0.25, 0.3) is 0 Å². The molecule has 0 bridgehead atoms. The summed E-state index contributed by atoms with van der Waals surface area (Å²) in [6.07, 6.45) is 5.70. The SMILES string of the molecule is COc1ncc(C)cc1SN1CCC2(CC1)CC(=O)C2. The Morgan fingerprint density at radius 1 is 1.35 bits per heavy atom. The molecule has 1 saturated heterocycles. The first kappa shape index (κ1) is 13.9. The molecular formula is C15H20N2O2S. The van der Waals surface area contributed by atoms with Crippen LogP contribution in [-0.4, -0.2) is 35.3 Å². The predicted molar refractivity (Wildman–Crippen MR) is 78.9 cm³/mol. The summed E-state index contributed by atoms with van der Waals surface area (Å²) < 4.78 is 7.69. The molecule has 4 nitrogen and oxygen atoms in total. The van der Waals surface area contributed by atoms with Gasteiger partial charge >= 0.3 is 0 Å². The van der Waals surface area contributed by atoms with Crippen molar-refractivity contribution in [3.8, 4) is 5.88 Å². The van der Waals surface area contributed by atoms with Crippen LogP contribution in [0.4, 0.5) is 0 Å². The Labute approximate surface area is 124 Å². The van der Waals surface area contributed by atoms with Gasteiger partial charge in [-0.3, -0.25) is 4.79 Å². The van der Waals surface area contributed by atoms with Crippen LogP contribution in [0.15, 0.2) is 17.2 Å². The summed E-state index contributed by atoms with van der Waals surface area (Å²) in [6.45, 7) is 4.12. The highest BCUT2D eigenvalue weighted by Crippen LogP contribution is 2.48. The average Bonchev–Trinajstić information content (AvgIpc) is 2.40. The second-order valence-electron chi connectivity index (χ2n) is 5.93. The van der Waals surface area contributed by atoms with Gasteiger partial charge in [0.15, 0.2) is 0 Å². The molecule has 0 aromatic carbocycles. The zero-order valence-electron chi connectivity index (χ0n) is 12.0. The number of methoxy groups -OCH3 is 1. The van der Waals surface area contributed by atoms with Crippen LogP contribution in [0, 0.1) is 12.3 Å². The fraction of sp³-hybridized carbons (Fsp3) is 0.600. The third-order valence-corrected chi connectivity index (χ3v) is 5.42. The molecule has 5 heteroatoms. The van der Waals surface area contributed by atoms with Gasteiger partial charge in [0.1, 0.15) is 5.78 Å². The monoisotopic (exact) mass is 292 g/mol. The highest BCUT2D eigenvalue weighted by molar-refractivity contribution is 7.97. The summed E-state index contributed by atoms with van der Waals surface area (Å²) in [7, 11) is 1.66. The number of rotatable bonds is 3. The zero-order valence-corrected chi connectivity index (χ0v) is 12.8. The highest BCUT2D eigenvalue weighted by Gasteiger charge is 2.45. The fourth-order valence-electron chi connectivity index (χ4n) is 3.08. The predicted octanol–water partition coefficient (Wildman–Crippen LogP) is 2.85. The number of piperidine rings is 1. The molecule has 0 unspecified atom stereocenters. The number of pyridine rings is 1. The second-order valence-corrected chi connectivity index (χ2v) is 7.07. The van der Waals surface area contributed by atoms with Gasteiger partial charge in [-0.05, 0) is 48.8 Å². The molecule has 0 atom stereocenters. The van der Waals surface area contributed by atoms with Crippen LogP contribution in [0.5, 0.6) is 5.88 Å². The van der Waals surface area contributed by atoms with Crippen molar-refractivity contribution >= 4 is 17.7 Å². The van der Waals surface area contributed by atoms with E-state index in [0.717, 1.165) is 49.2 Å². The van der Waals surface area contributed by atoms with Crippen molar-refractivity contribution in [2.75, 3.05) is 20.2 Å². The Morgan fingerprint density at radius 3 is 2.65 bits per heavy atom. The zero-order chi connectivity index (χ0) is 14.2. The number of carbonyl (C=O) groups excluding carboxylic acids is 1. The lowest BCUT2D eigenvalue weighted by Crippen LogP contribution is -2.45. The van der Waals surface area contributed by atoms with Crippen molar-refractivity contribution in [2.45, 2.75) is 37.5 Å². The summed E-state index contributed by atoms with van der Waals surface area (Å²) in [5, 5.41) is 0. The fourth-order valence-corrected chi connectivity index (χ4v) is 4.17. The number of hydrogen-bond donors (Lipinski definition) is 0. The minimum absolute atomic E-state index is 0.336. The molecule has 2 heterocycles. The standard InChI is InChI=1S/C15H20N2O2S/c1-11-7-13(14(19-2)16-10-11)20-17-5-3-15(4-6-17)8-12(18)9-15/h7,10H,3-6,8-9H2,1-2H3. The van der Waals surface area contributed by atoms with E-state index in [9.17, 15) is 4.79 Å². The lowest BCUT2D eigenvalue weighted by molar-refractivity contribution is -0.134. The molecular weight excluding hydrogens is 272 g/mol. The first-order valence-corrected chi connectivity index (χ1v) is 7.83. The number of carbonyl (C=O) groups is 1. The molecule has 1 aromatic heterocycles. The summed E-state index contributed by atoms with van der Waals surface area (Å²) in [6, 6.07) is 2.12. The molecule has 3 rings (SSSR count). The molecule has 0 radical (unpaired) electrons. The Hall–Kier alpha value is -1.07. The van der Waals surface area contributed by atoms with Crippen molar-refractivity contribution in [2.24, 2.45) is 5.41 Å². The van der Waals surface area contributed by atoms with Gasteiger partial charge in [-0.15, -0.1) is 0 Å². The Bertz CT molecular complexity index is 515. The van der Waals surface area contributed by atoms with E-state index in [1.165, 1.54) is 0 Å². The summed E-state index contributed by atoms with van der Waals surface area (Å²) in [4.78, 5) is 16.6. The number of nitrogens with zero attached hydrogens (tertiary/aromatic N) is 2. The first-order valence-electron chi connectivity index (χ1n) is 7.05. The van der Waals surface area contributed by atoms with Crippen LogP contribution in [-0.2, 0) is 4.79 Å². The third kappa shape index (κ3) is 2.69. The number of Topliss-reactive ketones (excluding diaryl/α,β-unsaturated/α-hetero) is 1. The molecule has 0 N–H and O–H groups in total. The molecule has 2 aliphatic rings. The van der Waals surface area contributed by atoms with Crippen molar-refractivity contribution in [1.29, 1.82) is 0 Å². The lowest BCUT2D eigenvalue weighted by atomic mass is 9.63. The quantitative estimate of drug-likeness (QED) is 0.801. The van der Waals surface area contributed by atoms with Gasteiger partial charge in [0.2, 0.25) is 5.88 Å². The topological polar surface area (TPSA) is 42.4 Å². The van der Waals surface area contributed by atoms with Gasteiger partial charge in [-0.2, -0.15) is 0 Å². The number of aryl methyl sites for hydroxylation is 1. The van der Waals surface area contributed by atoms with Crippen LogP contribution in [0.2, 0.25) is 0 Å². The van der Waals surface area contributed by atoms with E-state index in [0.29, 0.717) is 17.1 Å². The van der Waals surface area contributed by atoms with Gasteiger partial charge < -0.3 is 4.74 Å². The van der Waals surface area contributed by atoms with E-state index < -0.39 is 0 Å². The van der Waals surface area contributed by atoms with Crippen molar-refractivity contribution in [1.82, 2.24) is 9.29 Å². The van der Waals surface area contributed by atoms with Gasteiger partial charge in [0, 0.05) is 32.1 Å². The molecule has 108 valence electrons. The van der Waals surface area contributed by atoms with Gasteiger partial charge in [0.25, 0.3) is 0 Å². The average molecular weight is 292 g/mol. The summed E-state index contributed by atoms with van der Waals surface area (Å²) in [5.41, 5.74) is 1.48. The minimum Gasteiger partial charge on any atom is -0.480 e. The van der Waals surface area contributed by atoms with Crippen LogP contribution >= 0.6 is 11.9 Å². The molecule has 0 amide bonds. The van der Waals surface area contributed by atoms with E-state index in [-0.39, 0.29) is 0 Å².